The van der Waals surface area contributed by atoms with Gasteiger partial charge in [-0.1, -0.05) is 25.6 Å². The highest BCUT2D eigenvalue weighted by Crippen LogP contribution is 2.33. The molecule has 0 unspecified atom stereocenters. The molecule has 0 aromatic rings. The number of aliphatic hydroxyl groups is 2. The molecule has 4 N–H and O–H groups in total. The van der Waals surface area contributed by atoms with Crippen molar-refractivity contribution in [1.82, 2.24) is 10.6 Å². The van der Waals surface area contributed by atoms with Gasteiger partial charge in [0.05, 0.1) is 6.04 Å². The Morgan fingerprint density at radius 2 is 2.16 bits per heavy atom. The fourth-order valence-electron chi connectivity index (χ4n) is 2.22. The van der Waals surface area contributed by atoms with Crippen LogP contribution in [0.15, 0.2) is 4.99 Å². The van der Waals surface area contributed by atoms with Crippen LogP contribution in [0.25, 0.3) is 0 Å². The highest BCUT2D eigenvalue weighted by Gasteiger charge is 2.48. The molecule has 0 bridgehead atoms. The number of ether oxygens (including phenoxy) is 1. The summed E-state index contributed by atoms with van der Waals surface area (Å²) < 4.78 is 5.87. The van der Waals surface area contributed by atoms with E-state index in [0.29, 0.717) is 19.1 Å². The van der Waals surface area contributed by atoms with E-state index in [9.17, 15) is 10.2 Å². The lowest BCUT2D eigenvalue weighted by atomic mass is 9.98. The highest BCUT2D eigenvalue weighted by atomic mass is 32.2. The van der Waals surface area contributed by atoms with Gasteiger partial charge in [-0.3, -0.25) is 4.99 Å². The smallest absolute Gasteiger partial charge is 0.159 e. The van der Waals surface area contributed by atoms with E-state index >= 15 is 0 Å². The van der Waals surface area contributed by atoms with Crippen molar-refractivity contribution >= 4 is 16.9 Å². The summed E-state index contributed by atoms with van der Waals surface area (Å²) in [5.41, 5.74) is -0.192. The molecule has 0 aromatic heterocycles. The van der Waals surface area contributed by atoms with Crippen LogP contribution in [-0.2, 0) is 4.74 Å². The van der Waals surface area contributed by atoms with Gasteiger partial charge in [-0.05, 0) is 6.92 Å². The number of aliphatic imine (C=N–C) groups is 1. The third kappa shape index (κ3) is 3.41. The Labute approximate surface area is 118 Å². The van der Waals surface area contributed by atoms with Crippen molar-refractivity contribution in [3.05, 3.63) is 0 Å². The minimum absolute atomic E-state index is 0.192. The molecule has 0 aromatic carbocycles. The van der Waals surface area contributed by atoms with Crippen LogP contribution in [0, 0.1) is 0 Å². The van der Waals surface area contributed by atoms with Crippen LogP contribution in [0.4, 0.5) is 0 Å². The standard InChI is InChI=1S/C12H23N3O3S/c1-4-13-12-15-8-10(17)9(16)7(5-14-6(2)3)18-11(8)19-12/h6-11,14,16-17H,4-5H2,1-3H3,(H,13,15)/t7-,8-,9-,10-,11-/m1/s1. The second-order valence-electron chi connectivity index (χ2n) is 5.15. The van der Waals surface area contributed by atoms with Crippen molar-refractivity contribution in [2.75, 3.05) is 13.1 Å². The average Bonchev–Trinajstić information content (AvgIpc) is 2.75. The van der Waals surface area contributed by atoms with Gasteiger partial charge in [0.25, 0.3) is 0 Å². The molecule has 0 aliphatic carbocycles. The van der Waals surface area contributed by atoms with Gasteiger partial charge in [0.2, 0.25) is 0 Å². The number of hydrogen-bond donors (Lipinski definition) is 4. The summed E-state index contributed by atoms with van der Waals surface area (Å²) in [7, 11) is 0. The summed E-state index contributed by atoms with van der Waals surface area (Å²) in [5.74, 6) is 0. The van der Waals surface area contributed by atoms with Crippen LogP contribution in [-0.4, -0.2) is 64.3 Å². The number of amidine groups is 1. The average molecular weight is 289 g/mol. The van der Waals surface area contributed by atoms with E-state index in [1.165, 1.54) is 11.8 Å². The molecule has 2 saturated heterocycles. The zero-order valence-corrected chi connectivity index (χ0v) is 12.4. The predicted octanol–water partition coefficient (Wildman–Crippen LogP) is -0.488. The maximum Gasteiger partial charge on any atom is 0.159 e. The maximum atomic E-state index is 10.2. The van der Waals surface area contributed by atoms with Gasteiger partial charge in [0.1, 0.15) is 23.7 Å². The Morgan fingerprint density at radius 1 is 1.42 bits per heavy atom. The molecule has 110 valence electrons. The van der Waals surface area contributed by atoms with Gasteiger partial charge in [-0.15, -0.1) is 0 Å². The molecule has 5 atom stereocenters. The lowest BCUT2D eigenvalue weighted by molar-refractivity contribution is -0.154. The first-order valence-electron chi connectivity index (χ1n) is 6.75. The van der Waals surface area contributed by atoms with E-state index in [2.05, 4.69) is 15.6 Å². The highest BCUT2D eigenvalue weighted by molar-refractivity contribution is 8.14. The molecule has 0 saturated carbocycles. The number of hydrogen-bond acceptors (Lipinski definition) is 6. The first-order valence-corrected chi connectivity index (χ1v) is 7.63. The van der Waals surface area contributed by atoms with Crippen LogP contribution in [0.5, 0.6) is 0 Å². The fourth-order valence-corrected chi connectivity index (χ4v) is 3.42. The molecule has 0 spiro atoms. The Bertz CT molecular complexity index is 340. The molecular formula is C12H23N3O3S. The number of thioether (sulfide) groups is 1. The summed E-state index contributed by atoms with van der Waals surface area (Å²) >= 11 is 1.48. The summed E-state index contributed by atoms with van der Waals surface area (Å²) in [4.78, 5) is 4.29. The van der Waals surface area contributed by atoms with Crippen molar-refractivity contribution in [2.24, 2.45) is 4.99 Å². The number of fused-ring (bicyclic) bond motifs is 1. The van der Waals surface area contributed by atoms with Gasteiger partial charge >= 0.3 is 0 Å². The first-order chi connectivity index (χ1) is 9.02. The van der Waals surface area contributed by atoms with E-state index in [0.717, 1.165) is 5.17 Å². The summed E-state index contributed by atoms with van der Waals surface area (Å²) in [5, 5.41) is 27.4. The monoisotopic (exact) mass is 289 g/mol. The largest absolute Gasteiger partial charge is 0.388 e. The topological polar surface area (TPSA) is 86.1 Å². The molecule has 2 fully saturated rings. The molecule has 2 aliphatic rings. The fraction of sp³-hybridized carbons (Fsp3) is 0.917. The lowest BCUT2D eigenvalue weighted by Gasteiger charge is -2.39. The minimum Gasteiger partial charge on any atom is -0.388 e. The van der Waals surface area contributed by atoms with Crippen molar-refractivity contribution in [1.29, 1.82) is 0 Å². The Hall–Kier alpha value is -0.340. The molecule has 2 aliphatic heterocycles. The Kier molecular flexibility index (Phi) is 5.08. The second-order valence-corrected chi connectivity index (χ2v) is 6.24. The third-order valence-corrected chi connectivity index (χ3v) is 4.35. The molecule has 19 heavy (non-hydrogen) atoms. The van der Waals surface area contributed by atoms with Crippen LogP contribution < -0.4 is 10.6 Å². The number of aliphatic hydroxyl groups excluding tert-OH is 2. The quantitative estimate of drug-likeness (QED) is 0.559. The van der Waals surface area contributed by atoms with Crippen molar-refractivity contribution in [3.8, 4) is 0 Å². The molecule has 6 nitrogen and oxygen atoms in total. The van der Waals surface area contributed by atoms with Crippen LogP contribution >= 0.6 is 11.8 Å². The third-order valence-electron chi connectivity index (χ3n) is 3.25. The van der Waals surface area contributed by atoms with Gasteiger partial charge in [0.15, 0.2) is 5.17 Å². The lowest BCUT2D eigenvalue weighted by Crippen LogP contribution is -2.61. The zero-order valence-electron chi connectivity index (χ0n) is 11.5. The normalized spacial score (nSPS) is 40.5. The maximum absolute atomic E-state index is 10.2. The van der Waals surface area contributed by atoms with Crippen molar-refractivity contribution < 1.29 is 14.9 Å². The number of nitrogens with zero attached hydrogens (tertiary/aromatic N) is 1. The van der Waals surface area contributed by atoms with Gasteiger partial charge < -0.3 is 25.6 Å². The summed E-state index contributed by atoms with van der Waals surface area (Å²) in [6.45, 7) is 7.24. The van der Waals surface area contributed by atoms with E-state index in [-0.39, 0.29) is 11.5 Å². The van der Waals surface area contributed by atoms with Crippen LogP contribution in [0.3, 0.4) is 0 Å². The zero-order chi connectivity index (χ0) is 14.0. The van der Waals surface area contributed by atoms with E-state index in [1.807, 2.05) is 20.8 Å². The minimum atomic E-state index is -0.887. The first kappa shape index (κ1) is 15.1. The van der Waals surface area contributed by atoms with E-state index < -0.39 is 18.3 Å². The van der Waals surface area contributed by atoms with Crippen LogP contribution in [0.1, 0.15) is 20.8 Å². The van der Waals surface area contributed by atoms with Crippen LogP contribution in [0.2, 0.25) is 0 Å². The molecule has 7 heteroatoms. The predicted molar refractivity (Wildman–Crippen MR) is 76.3 cm³/mol. The second kappa shape index (κ2) is 6.41. The Balaban J connectivity index is 2.00. The summed E-state index contributed by atoms with van der Waals surface area (Å²) in [6.07, 6.45) is -2.12. The van der Waals surface area contributed by atoms with E-state index in [1.54, 1.807) is 0 Å². The van der Waals surface area contributed by atoms with Crippen molar-refractivity contribution in [3.63, 3.8) is 0 Å². The van der Waals surface area contributed by atoms with Gasteiger partial charge in [-0.25, -0.2) is 0 Å². The summed E-state index contributed by atoms with van der Waals surface area (Å²) in [6, 6.07) is 0.0258. The van der Waals surface area contributed by atoms with Gasteiger partial charge in [-0.2, -0.15) is 0 Å². The molecule has 0 amide bonds. The number of rotatable bonds is 4. The molecule has 2 rings (SSSR count). The van der Waals surface area contributed by atoms with E-state index in [4.69, 9.17) is 4.74 Å². The van der Waals surface area contributed by atoms with Crippen molar-refractivity contribution in [2.45, 2.75) is 56.6 Å². The van der Waals surface area contributed by atoms with Gasteiger partial charge in [0, 0.05) is 19.1 Å². The molecular weight excluding hydrogens is 266 g/mol. The SMILES string of the molecule is CCN=C1N[C@@H]2[C@@H](O)[C@H](O)[C@@H](CNC(C)C)O[C@@H]2S1. The Morgan fingerprint density at radius 3 is 2.79 bits per heavy atom. The molecule has 2 heterocycles. The number of nitrogens with one attached hydrogen (secondary N) is 2. The molecule has 0 radical (unpaired) electrons.